The van der Waals surface area contributed by atoms with Gasteiger partial charge in [0.15, 0.2) is 0 Å². The van der Waals surface area contributed by atoms with Crippen LogP contribution in [0.5, 0.6) is 0 Å². The molecule has 1 saturated carbocycles. The zero-order chi connectivity index (χ0) is 8.97. The Bertz CT molecular complexity index is 127. The Morgan fingerprint density at radius 1 is 1.42 bits per heavy atom. The Hall–Kier alpha value is -0.0800. The lowest BCUT2D eigenvalue weighted by Crippen LogP contribution is -2.22. The second-order valence-electron chi connectivity index (χ2n) is 4.17. The van der Waals surface area contributed by atoms with Crippen LogP contribution in [0.2, 0.25) is 0 Å². The van der Waals surface area contributed by atoms with Crippen molar-refractivity contribution in [2.45, 2.75) is 26.2 Å². The zero-order valence-electron chi connectivity index (χ0n) is 8.29. The lowest BCUT2D eigenvalue weighted by Gasteiger charge is -2.15. The number of nitrogens with zero attached hydrogens (tertiary/aromatic N) is 1. The Kier molecular flexibility index (Phi) is 4.02. The second kappa shape index (κ2) is 4.83. The Morgan fingerprint density at radius 2 is 2.08 bits per heavy atom. The minimum Gasteiger partial charge on any atom is -0.396 e. The molecule has 1 aliphatic carbocycles. The van der Waals surface area contributed by atoms with Crippen LogP contribution in [-0.2, 0) is 0 Å². The summed E-state index contributed by atoms with van der Waals surface area (Å²) in [7, 11) is 2.18. The van der Waals surface area contributed by atoms with E-state index in [4.69, 9.17) is 5.11 Å². The van der Waals surface area contributed by atoms with Crippen LogP contribution in [0.4, 0.5) is 0 Å². The van der Waals surface area contributed by atoms with Crippen LogP contribution >= 0.6 is 0 Å². The van der Waals surface area contributed by atoms with Gasteiger partial charge >= 0.3 is 0 Å². The van der Waals surface area contributed by atoms with Crippen LogP contribution in [0, 0.1) is 11.8 Å². The molecule has 0 spiro atoms. The number of hydrogen-bond acceptors (Lipinski definition) is 2. The van der Waals surface area contributed by atoms with Gasteiger partial charge in [0.2, 0.25) is 0 Å². The van der Waals surface area contributed by atoms with E-state index in [9.17, 15) is 0 Å². The zero-order valence-corrected chi connectivity index (χ0v) is 8.29. The standard InChI is InChI=1S/C10H21NO/c1-9-7-10(9)8-11(2)5-3-4-6-12/h9-10,12H,3-8H2,1-2H3. The average molecular weight is 171 g/mol. The molecule has 1 rings (SSSR count). The highest BCUT2D eigenvalue weighted by atomic mass is 16.2. The van der Waals surface area contributed by atoms with E-state index in [1.807, 2.05) is 0 Å². The molecular weight excluding hydrogens is 150 g/mol. The first-order valence-electron chi connectivity index (χ1n) is 5.03. The Morgan fingerprint density at radius 3 is 2.58 bits per heavy atom. The van der Waals surface area contributed by atoms with Crippen molar-refractivity contribution in [1.82, 2.24) is 4.90 Å². The maximum atomic E-state index is 8.60. The summed E-state index contributed by atoms with van der Waals surface area (Å²) in [6.07, 6.45) is 3.50. The summed E-state index contributed by atoms with van der Waals surface area (Å²) in [6.45, 7) is 5.07. The van der Waals surface area contributed by atoms with Crippen molar-refractivity contribution in [2.75, 3.05) is 26.7 Å². The van der Waals surface area contributed by atoms with Crippen LogP contribution in [0.25, 0.3) is 0 Å². The van der Waals surface area contributed by atoms with Gasteiger partial charge in [-0.25, -0.2) is 0 Å². The molecule has 0 bridgehead atoms. The molecular formula is C10H21NO. The summed E-state index contributed by atoms with van der Waals surface area (Å²) in [5.74, 6) is 1.93. The maximum Gasteiger partial charge on any atom is 0.0431 e. The predicted octanol–water partition coefficient (Wildman–Crippen LogP) is 1.35. The number of aliphatic hydroxyl groups is 1. The summed E-state index contributed by atoms with van der Waals surface area (Å²) >= 11 is 0. The molecule has 0 amide bonds. The summed E-state index contributed by atoms with van der Waals surface area (Å²) in [5.41, 5.74) is 0. The first-order chi connectivity index (χ1) is 5.74. The summed E-state index contributed by atoms with van der Waals surface area (Å²) in [6, 6.07) is 0. The molecule has 2 unspecified atom stereocenters. The van der Waals surface area contributed by atoms with E-state index in [1.165, 1.54) is 13.0 Å². The van der Waals surface area contributed by atoms with Gasteiger partial charge in [0.25, 0.3) is 0 Å². The van der Waals surface area contributed by atoms with E-state index >= 15 is 0 Å². The minimum absolute atomic E-state index is 0.341. The van der Waals surface area contributed by atoms with Crippen LogP contribution in [0.1, 0.15) is 26.2 Å². The van der Waals surface area contributed by atoms with Crippen molar-refractivity contribution >= 4 is 0 Å². The number of aliphatic hydroxyl groups excluding tert-OH is 1. The van der Waals surface area contributed by atoms with E-state index in [2.05, 4.69) is 18.9 Å². The summed E-state index contributed by atoms with van der Waals surface area (Å²) < 4.78 is 0. The van der Waals surface area contributed by atoms with Crippen molar-refractivity contribution in [1.29, 1.82) is 0 Å². The van der Waals surface area contributed by atoms with Crippen molar-refractivity contribution in [2.24, 2.45) is 11.8 Å². The lowest BCUT2D eigenvalue weighted by atomic mass is 10.3. The first-order valence-corrected chi connectivity index (χ1v) is 5.03. The topological polar surface area (TPSA) is 23.5 Å². The second-order valence-corrected chi connectivity index (χ2v) is 4.17. The molecule has 0 radical (unpaired) electrons. The van der Waals surface area contributed by atoms with Gasteiger partial charge in [-0.2, -0.15) is 0 Å². The first kappa shape index (κ1) is 10.0. The third kappa shape index (κ3) is 3.55. The highest BCUT2D eigenvalue weighted by Crippen LogP contribution is 2.37. The molecule has 2 atom stereocenters. The fraction of sp³-hybridized carbons (Fsp3) is 1.00. The largest absolute Gasteiger partial charge is 0.396 e. The molecule has 0 saturated heterocycles. The quantitative estimate of drug-likeness (QED) is 0.610. The SMILES string of the molecule is CC1CC1CN(C)CCCCO. The molecule has 72 valence electrons. The van der Waals surface area contributed by atoms with E-state index in [1.54, 1.807) is 0 Å². The van der Waals surface area contributed by atoms with Crippen molar-refractivity contribution in [3.05, 3.63) is 0 Å². The molecule has 1 fully saturated rings. The van der Waals surface area contributed by atoms with Crippen LogP contribution < -0.4 is 0 Å². The van der Waals surface area contributed by atoms with Gasteiger partial charge < -0.3 is 10.0 Å². The molecule has 1 aliphatic rings. The van der Waals surface area contributed by atoms with Crippen molar-refractivity contribution < 1.29 is 5.11 Å². The number of unbranched alkanes of at least 4 members (excludes halogenated alkanes) is 1. The molecule has 0 aromatic carbocycles. The van der Waals surface area contributed by atoms with E-state index in [-0.39, 0.29) is 0 Å². The summed E-state index contributed by atoms with van der Waals surface area (Å²) in [5, 5.41) is 8.60. The fourth-order valence-electron chi connectivity index (χ4n) is 1.64. The van der Waals surface area contributed by atoms with Crippen LogP contribution in [-0.4, -0.2) is 36.8 Å². The molecule has 0 aliphatic heterocycles. The van der Waals surface area contributed by atoms with Gasteiger partial charge in [0.05, 0.1) is 0 Å². The highest BCUT2D eigenvalue weighted by Gasteiger charge is 2.32. The van der Waals surface area contributed by atoms with Gasteiger partial charge in [-0.15, -0.1) is 0 Å². The smallest absolute Gasteiger partial charge is 0.0431 e. The van der Waals surface area contributed by atoms with Gasteiger partial charge in [-0.1, -0.05) is 6.92 Å². The molecule has 0 aromatic rings. The van der Waals surface area contributed by atoms with Gasteiger partial charge in [-0.3, -0.25) is 0 Å². The van der Waals surface area contributed by atoms with Gasteiger partial charge in [0, 0.05) is 13.2 Å². The lowest BCUT2D eigenvalue weighted by molar-refractivity contribution is 0.259. The monoisotopic (exact) mass is 171 g/mol. The third-order valence-electron chi connectivity index (χ3n) is 2.77. The number of hydrogen-bond donors (Lipinski definition) is 1. The highest BCUT2D eigenvalue weighted by molar-refractivity contribution is 4.84. The van der Waals surface area contributed by atoms with Gasteiger partial charge in [0.1, 0.15) is 0 Å². The Balaban J connectivity index is 1.93. The maximum absolute atomic E-state index is 8.60. The van der Waals surface area contributed by atoms with Crippen molar-refractivity contribution in [3.63, 3.8) is 0 Å². The summed E-state index contributed by atoms with van der Waals surface area (Å²) in [4.78, 5) is 2.39. The molecule has 1 N–H and O–H groups in total. The van der Waals surface area contributed by atoms with E-state index in [0.29, 0.717) is 6.61 Å². The van der Waals surface area contributed by atoms with Crippen LogP contribution in [0.15, 0.2) is 0 Å². The van der Waals surface area contributed by atoms with E-state index < -0.39 is 0 Å². The molecule has 0 heterocycles. The van der Waals surface area contributed by atoms with E-state index in [0.717, 1.165) is 31.2 Å². The van der Waals surface area contributed by atoms with Crippen LogP contribution in [0.3, 0.4) is 0 Å². The average Bonchev–Trinajstić information content (AvgIpc) is 2.67. The molecule has 2 heteroatoms. The molecule has 12 heavy (non-hydrogen) atoms. The van der Waals surface area contributed by atoms with Gasteiger partial charge in [-0.05, 0) is 44.7 Å². The third-order valence-corrected chi connectivity index (χ3v) is 2.77. The molecule has 0 aromatic heterocycles. The normalized spacial score (nSPS) is 28.0. The minimum atomic E-state index is 0.341. The Labute approximate surface area is 75.6 Å². The fourth-order valence-corrected chi connectivity index (χ4v) is 1.64. The predicted molar refractivity (Wildman–Crippen MR) is 51.1 cm³/mol. The number of rotatable bonds is 6. The molecule has 2 nitrogen and oxygen atoms in total. The van der Waals surface area contributed by atoms with Crippen molar-refractivity contribution in [3.8, 4) is 0 Å².